The molecule has 0 amide bonds. The molecule has 19 heavy (non-hydrogen) atoms. The Balaban J connectivity index is 2.02. The molecule has 1 aliphatic heterocycles. The highest BCUT2D eigenvalue weighted by molar-refractivity contribution is 5.44. The monoisotopic (exact) mass is 264 g/mol. The van der Waals surface area contributed by atoms with Gasteiger partial charge in [0.05, 0.1) is 5.56 Å². The lowest BCUT2D eigenvalue weighted by Gasteiger charge is -2.34. The number of hydrogen-bond donors (Lipinski definition) is 3. The van der Waals surface area contributed by atoms with Gasteiger partial charge in [-0.05, 0) is 45.0 Å². The molecule has 1 fully saturated rings. The Kier molecular flexibility index (Phi) is 4.66. The minimum atomic E-state index is -0.0528. The smallest absolute Gasteiger partial charge is 0.124 e. The van der Waals surface area contributed by atoms with Gasteiger partial charge in [0.15, 0.2) is 0 Å². The van der Waals surface area contributed by atoms with Crippen LogP contribution in [0.25, 0.3) is 0 Å². The summed E-state index contributed by atoms with van der Waals surface area (Å²) in [6, 6.07) is 5.25. The molecule has 2 atom stereocenters. The van der Waals surface area contributed by atoms with Crippen molar-refractivity contribution in [3.05, 3.63) is 23.8 Å². The molecule has 4 heteroatoms. The predicted molar refractivity (Wildman–Crippen MR) is 76.5 cm³/mol. The number of nitrogens with zero attached hydrogens (tertiary/aromatic N) is 1. The molecule has 0 radical (unpaired) electrons. The van der Waals surface area contributed by atoms with E-state index in [0.717, 1.165) is 19.5 Å². The molecular formula is C15H24N2O2. The molecule has 2 unspecified atom stereocenters. The van der Waals surface area contributed by atoms with Crippen LogP contribution < -0.4 is 5.32 Å². The summed E-state index contributed by atoms with van der Waals surface area (Å²) in [4.78, 5) is 2.43. The van der Waals surface area contributed by atoms with Gasteiger partial charge in [0.1, 0.15) is 11.5 Å². The van der Waals surface area contributed by atoms with E-state index < -0.39 is 0 Å². The molecule has 1 heterocycles. The van der Waals surface area contributed by atoms with Crippen molar-refractivity contribution in [1.29, 1.82) is 0 Å². The first kappa shape index (κ1) is 14.2. The zero-order valence-corrected chi connectivity index (χ0v) is 11.8. The third-order valence-corrected chi connectivity index (χ3v) is 3.93. The fourth-order valence-electron chi connectivity index (χ4n) is 2.90. The highest BCUT2D eigenvalue weighted by Gasteiger charge is 2.22. The minimum Gasteiger partial charge on any atom is -0.507 e. The van der Waals surface area contributed by atoms with E-state index in [4.69, 9.17) is 0 Å². The van der Waals surface area contributed by atoms with Crippen molar-refractivity contribution >= 4 is 0 Å². The minimum absolute atomic E-state index is 0.0528. The van der Waals surface area contributed by atoms with Gasteiger partial charge in [-0.1, -0.05) is 13.0 Å². The van der Waals surface area contributed by atoms with Gasteiger partial charge in [-0.2, -0.15) is 0 Å². The maximum Gasteiger partial charge on any atom is 0.124 e. The molecule has 0 bridgehead atoms. The Labute approximate surface area is 115 Å². The van der Waals surface area contributed by atoms with Gasteiger partial charge in [-0.15, -0.1) is 0 Å². The largest absolute Gasteiger partial charge is 0.507 e. The van der Waals surface area contributed by atoms with Crippen molar-refractivity contribution < 1.29 is 10.2 Å². The van der Waals surface area contributed by atoms with Crippen LogP contribution in [0.2, 0.25) is 0 Å². The van der Waals surface area contributed by atoms with Crippen molar-refractivity contribution in [2.24, 2.45) is 0 Å². The van der Waals surface area contributed by atoms with E-state index in [0.29, 0.717) is 11.6 Å². The molecular weight excluding hydrogens is 240 g/mol. The topological polar surface area (TPSA) is 55.7 Å². The molecule has 1 saturated heterocycles. The molecule has 1 aliphatic rings. The average Bonchev–Trinajstić information content (AvgIpc) is 2.38. The SMILES string of the molecule is CCN1CCCC(NC(C)c2c(O)cccc2O)C1. The average molecular weight is 264 g/mol. The van der Waals surface area contributed by atoms with Crippen LogP contribution in [-0.4, -0.2) is 40.8 Å². The van der Waals surface area contributed by atoms with Crippen LogP contribution in [0.5, 0.6) is 11.5 Å². The van der Waals surface area contributed by atoms with Crippen LogP contribution in [-0.2, 0) is 0 Å². The van der Waals surface area contributed by atoms with E-state index in [9.17, 15) is 10.2 Å². The van der Waals surface area contributed by atoms with Crippen molar-refractivity contribution in [3.63, 3.8) is 0 Å². The van der Waals surface area contributed by atoms with Gasteiger partial charge in [-0.3, -0.25) is 0 Å². The Morgan fingerprint density at radius 3 is 2.68 bits per heavy atom. The number of phenols is 2. The van der Waals surface area contributed by atoms with E-state index >= 15 is 0 Å². The van der Waals surface area contributed by atoms with Gasteiger partial charge in [0.2, 0.25) is 0 Å². The molecule has 0 aliphatic carbocycles. The van der Waals surface area contributed by atoms with Crippen LogP contribution in [0.3, 0.4) is 0 Å². The van der Waals surface area contributed by atoms with Gasteiger partial charge in [0.25, 0.3) is 0 Å². The summed E-state index contributed by atoms with van der Waals surface area (Å²) in [6.45, 7) is 7.45. The second-order valence-electron chi connectivity index (χ2n) is 5.33. The Morgan fingerprint density at radius 2 is 2.05 bits per heavy atom. The van der Waals surface area contributed by atoms with E-state index in [2.05, 4.69) is 17.1 Å². The number of phenolic OH excluding ortho intramolecular Hbond substituents is 2. The first-order valence-electron chi connectivity index (χ1n) is 7.11. The van der Waals surface area contributed by atoms with Gasteiger partial charge >= 0.3 is 0 Å². The molecule has 0 aromatic heterocycles. The van der Waals surface area contributed by atoms with Crippen LogP contribution in [0.4, 0.5) is 0 Å². The quantitative estimate of drug-likeness (QED) is 0.780. The van der Waals surface area contributed by atoms with E-state index in [-0.39, 0.29) is 17.5 Å². The van der Waals surface area contributed by atoms with Crippen LogP contribution in [0.1, 0.15) is 38.3 Å². The maximum absolute atomic E-state index is 9.88. The lowest BCUT2D eigenvalue weighted by molar-refractivity contribution is 0.191. The zero-order valence-electron chi connectivity index (χ0n) is 11.8. The molecule has 3 N–H and O–H groups in total. The third kappa shape index (κ3) is 3.39. The van der Waals surface area contributed by atoms with E-state index in [1.54, 1.807) is 18.2 Å². The Hall–Kier alpha value is -1.26. The van der Waals surface area contributed by atoms with Crippen LogP contribution >= 0.6 is 0 Å². The Morgan fingerprint density at radius 1 is 1.37 bits per heavy atom. The zero-order chi connectivity index (χ0) is 13.8. The molecule has 1 aromatic rings. The summed E-state index contributed by atoms with van der Waals surface area (Å²) in [6.07, 6.45) is 2.35. The number of rotatable bonds is 4. The number of nitrogens with one attached hydrogen (secondary N) is 1. The van der Waals surface area contributed by atoms with Crippen molar-refractivity contribution in [2.75, 3.05) is 19.6 Å². The fourth-order valence-corrected chi connectivity index (χ4v) is 2.90. The first-order chi connectivity index (χ1) is 9.11. The fraction of sp³-hybridized carbons (Fsp3) is 0.600. The van der Waals surface area contributed by atoms with Crippen molar-refractivity contribution in [2.45, 2.75) is 38.8 Å². The van der Waals surface area contributed by atoms with Gasteiger partial charge in [0, 0.05) is 18.6 Å². The number of piperidine rings is 1. The maximum atomic E-state index is 9.88. The molecule has 0 spiro atoms. The number of benzene rings is 1. The van der Waals surface area contributed by atoms with Crippen molar-refractivity contribution in [3.8, 4) is 11.5 Å². The summed E-state index contributed by atoms with van der Waals surface area (Å²) in [5.74, 6) is 0.311. The van der Waals surface area contributed by atoms with E-state index in [1.165, 1.54) is 13.0 Å². The summed E-state index contributed by atoms with van der Waals surface area (Å²) in [7, 11) is 0. The molecule has 4 nitrogen and oxygen atoms in total. The molecule has 1 aromatic carbocycles. The standard InChI is InChI=1S/C15H24N2O2/c1-3-17-9-5-6-12(10-17)16-11(2)15-13(18)7-4-8-14(15)19/h4,7-8,11-12,16,18-19H,3,5-6,9-10H2,1-2H3. The summed E-state index contributed by atoms with van der Waals surface area (Å²) >= 11 is 0. The number of aromatic hydroxyl groups is 2. The Bertz CT molecular complexity index is 402. The number of hydrogen-bond acceptors (Lipinski definition) is 4. The summed E-state index contributed by atoms with van der Waals surface area (Å²) < 4.78 is 0. The van der Waals surface area contributed by atoms with Crippen LogP contribution in [0, 0.1) is 0 Å². The molecule has 0 saturated carbocycles. The molecule has 106 valence electrons. The second-order valence-corrected chi connectivity index (χ2v) is 5.33. The van der Waals surface area contributed by atoms with Gasteiger partial charge < -0.3 is 20.4 Å². The summed E-state index contributed by atoms with van der Waals surface area (Å²) in [5.41, 5.74) is 0.594. The predicted octanol–water partition coefficient (Wildman–Crippen LogP) is 2.23. The highest BCUT2D eigenvalue weighted by atomic mass is 16.3. The number of likely N-dealkylation sites (tertiary alicyclic amines) is 1. The lowest BCUT2D eigenvalue weighted by Crippen LogP contribution is -2.46. The second kappa shape index (κ2) is 6.26. The van der Waals surface area contributed by atoms with Crippen LogP contribution in [0.15, 0.2) is 18.2 Å². The third-order valence-electron chi connectivity index (χ3n) is 3.93. The normalized spacial score (nSPS) is 22.3. The van der Waals surface area contributed by atoms with Gasteiger partial charge in [-0.25, -0.2) is 0 Å². The highest BCUT2D eigenvalue weighted by Crippen LogP contribution is 2.32. The van der Waals surface area contributed by atoms with Crippen molar-refractivity contribution in [1.82, 2.24) is 10.2 Å². The molecule has 2 rings (SSSR count). The number of likely N-dealkylation sites (N-methyl/N-ethyl adjacent to an activating group) is 1. The lowest BCUT2D eigenvalue weighted by atomic mass is 10.0. The van der Waals surface area contributed by atoms with E-state index in [1.807, 2.05) is 6.92 Å². The first-order valence-corrected chi connectivity index (χ1v) is 7.11. The summed E-state index contributed by atoms with van der Waals surface area (Å²) in [5, 5.41) is 23.3.